The van der Waals surface area contributed by atoms with Crippen molar-refractivity contribution in [2.45, 2.75) is 0 Å². The van der Waals surface area contributed by atoms with Gasteiger partial charge < -0.3 is 15.2 Å². The van der Waals surface area contributed by atoms with Gasteiger partial charge in [0.15, 0.2) is 5.75 Å². The van der Waals surface area contributed by atoms with Crippen molar-refractivity contribution < 1.29 is 9.47 Å². The molecule has 0 aliphatic carbocycles. The molecule has 2 aromatic heterocycles. The number of nitrogens with two attached hydrogens (primary N) is 1. The number of hydrogen-bond acceptors (Lipinski definition) is 4. The van der Waals surface area contributed by atoms with Crippen molar-refractivity contribution in [1.82, 2.24) is 9.38 Å². The van der Waals surface area contributed by atoms with Crippen LogP contribution in [0.15, 0.2) is 48.8 Å². The first kappa shape index (κ1) is 11.4. The van der Waals surface area contributed by atoms with E-state index in [1.807, 2.05) is 28.8 Å². The number of ether oxygens (including phenoxy) is 2. The van der Waals surface area contributed by atoms with Crippen molar-refractivity contribution in [3.8, 4) is 17.4 Å². The zero-order valence-electron chi connectivity index (χ0n) is 10.4. The molecule has 0 spiro atoms. The summed E-state index contributed by atoms with van der Waals surface area (Å²) < 4.78 is 12.8. The number of imidazole rings is 1. The number of aromatic nitrogens is 2. The fourth-order valence-corrected chi connectivity index (χ4v) is 1.86. The van der Waals surface area contributed by atoms with E-state index in [9.17, 15) is 0 Å². The number of nitrogen functional groups attached to an aromatic ring is 1. The summed E-state index contributed by atoms with van der Waals surface area (Å²) in [6.45, 7) is 0. The van der Waals surface area contributed by atoms with Crippen LogP contribution in [0.4, 0.5) is 5.69 Å². The number of anilines is 1. The lowest BCUT2D eigenvalue weighted by molar-refractivity contribution is 0.412. The van der Waals surface area contributed by atoms with Crippen molar-refractivity contribution >= 4 is 11.3 Å². The molecular weight excluding hydrogens is 242 g/mol. The Hall–Kier alpha value is -2.69. The molecule has 0 fully saturated rings. The lowest BCUT2D eigenvalue weighted by Crippen LogP contribution is -1.96. The zero-order valence-corrected chi connectivity index (χ0v) is 10.4. The number of hydrogen-bond donors (Lipinski definition) is 1. The first-order valence-corrected chi connectivity index (χ1v) is 5.81. The largest absolute Gasteiger partial charge is 0.497 e. The van der Waals surface area contributed by atoms with Gasteiger partial charge in [0.25, 0.3) is 0 Å². The molecule has 19 heavy (non-hydrogen) atoms. The van der Waals surface area contributed by atoms with E-state index in [4.69, 9.17) is 15.2 Å². The summed E-state index contributed by atoms with van der Waals surface area (Å²) in [5.41, 5.74) is 7.28. The van der Waals surface area contributed by atoms with Crippen LogP contribution in [0, 0.1) is 0 Å². The minimum atomic E-state index is 0.525. The molecule has 5 nitrogen and oxygen atoms in total. The van der Waals surface area contributed by atoms with Gasteiger partial charge in [0.1, 0.15) is 11.4 Å². The number of rotatable bonds is 3. The minimum Gasteiger partial charge on any atom is -0.497 e. The SMILES string of the molecule is COc1ccc(Oc2cccc3nccn23)c(N)c1. The number of methoxy groups -OCH3 is 1. The molecule has 1 aromatic carbocycles. The lowest BCUT2D eigenvalue weighted by Gasteiger charge is -2.11. The Kier molecular flexibility index (Phi) is 2.72. The van der Waals surface area contributed by atoms with Crippen LogP contribution in [0.1, 0.15) is 0 Å². The molecule has 0 aliphatic heterocycles. The van der Waals surface area contributed by atoms with Crippen molar-refractivity contribution in [3.05, 3.63) is 48.8 Å². The monoisotopic (exact) mass is 255 g/mol. The minimum absolute atomic E-state index is 0.525. The molecule has 0 bridgehead atoms. The second kappa shape index (κ2) is 4.53. The predicted octanol–water partition coefficient (Wildman–Crippen LogP) is 2.72. The Morgan fingerprint density at radius 2 is 2.11 bits per heavy atom. The number of benzene rings is 1. The molecule has 0 aliphatic rings. The Morgan fingerprint density at radius 3 is 2.89 bits per heavy atom. The second-order valence-electron chi connectivity index (χ2n) is 4.03. The molecule has 0 amide bonds. The van der Waals surface area contributed by atoms with Crippen LogP contribution in [0.2, 0.25) is 0 Å². The van der Waals surface area contributed by atoms with Crippen LogP contribution < -0.4 is 15.2 Å². The highest BCUT2D eigenvalue weighted by atomic mass is 16.5. The molecule has 5 heteroatoms. The van der Waals surface area contributed by atoms with E-state index in [0.717, 1.165) is 5.65 Å². The molecule has 0 saturated heterocycles. The molecular formula is C14H13N3O2. The van der Waals surface area contributed by atoms with Gasteiger partial charge in [-0.05, 0) is 24.3 Å². The summed E-state index contributed by atoms with van der Waals surface area (Å²) in [5.74, 6) is 1.94. The Bertz CT molecular complexity index is 722. The van der Waals surface area contributed by atoms with Gasteiger partial charge in [0, 0.05) is 18.5 Å². The van der Waals surface area contributed by atoms with Gasteiger partial charge in [-0.1, -0.05) is 6.07 Å². The molecule has 0 atom stereocenters. The van der Waals surface area contributed by atoms with Gasteiger partial charge in [0.05, 0.1) is 12.8 Å². The Balaban J connectivity index is 1.99. The van der Waals surface area contributed by atoms with Gasteiger partial charge in [-0.3, -0.25) is 4.40 Å². The molecule has 2 heterocycles. The van der Waals surface area contributed by atoms with Crippen molar-refractivity contribution in [1.29, 1.82) is 0 Å². The van der Waals surface area contributed by atoms with E-state index < -0.39 is 0 Å². The first-order valence-electron chi connectivity index (χ1n) is 5.81. The van der Waals surface area contributed by atoms with Gasteiger partial charge in [-0.25, -0.2) is 4.98 Å². The van der Waals surface area contributed by atoms with E-state index in [1.54, 1.807) is 31.5 Å². The maximum Gasteiger partial charge on any atom is 0.205 e. The first-order chi connectivity index (χ1) is 9.28. The lowest BCUT2D eigenvalue weighted by atomic mass is 10.3. The highest BCUT2D eigenvalue weighted by molar-refractivity contribution is 5.57. The fourth-order valence-electron chi connectivity index (χ4n) is 1.86. The van der Waals surface area contributed by atoms with E-state index in [-0.39, 0.29) is 0 Å². The predicted molar refractivity (Wildman–Crippen MR) is 72.7 cm³/mol. The summed E-state index contributed by atoms with van der Waals surface area (Å²) in [5, 5.41) is 0. The summed E-state index contributed by atoms with van der Waals surface area (Å²) in [4.78, 5) is 4.20. The smallest absolute Gasteiger partial charge is 0.205 e. The van der Waals surface area contributed by atoms with Crippen LogP contribution in [0.25, 0.3) is 5.65 Å². The molecule has 3 rings (SSSR count). The maximum absolute atomic E-state index is 5.93. The molecule has 0 radical (unpaired) electrons. The van der Waals surface area contributed by atoms with Crippen LogP contribution in [-0.2, 0) is 0 Å². The van der Waals surface area contributed by atoms with E-state index >= 15 is 0 Å². The molecule has 0 saturated carbocycles. The van der Waals surface area contributed by atoms with Crippen LogP contribution >= 0.6 is 0 Å². The van der Waals surface area contributed by atoms with Crippen LogP contribution in [0.5, 0.6) is 17.4 Å². The summed E-state index contributed by atoms with van der Waals surface area (Å²) in [6, 6.07) is 11.0. The average molecular weight is 255 g/mol. The van der Waals surface area contributed by atoms with Gasteiger partial charge in [-0.2, -0.15) is 0 Å². The average Bonchev–Trinajstić information content (AvgIpc) is 2.90. The second-order valence-corrected chi connectivity index (χ2v) is 4.03. The number of fused-ring (bicyclic) bond motifs is 1. The molecule has 3 aromatic rings. The number of pyridine rings is 1. The standard InChI is InChI=1S/C14H13N3O2/c1-18-10-5-6-12(11(15)9-10)19-14-4-2-3-13-16-7-8-17(13)14/h2-9H,15H2,1H3. The van der Waals surface area contributed by atoms with Crippen LogP contribution in [-0.4, -0.2) is 16.5 Å². The van der Waals surface area contributed by atoms with Crippen LogP contribution in [0.3, 0.4) is 0 Å². The normalized spacial score (nSPS) is 10.6. The van der Waals surface area contributed by atoms with Gasteiger partial charge in [-0.15, -0.1) is 0 Å². The molecule has 96 valence electrons. The quantitative estimate of drug-likeness (QED) is 0.731. The summed E-state index contributed by atoms with van der Waals surface area (Å²) in [7, 11) is 1.60. The van der Waals surface area contributed by atoms with Gasteiger partial charge >= 0.3 is 0 Å². The van der Waals surface area contributed by atoms with E-state index in [0.29, 0.717) is 23.1 Å². The van der Waals surface area contributed by atoms with E-state index in [2.05, 4.69) is 4.98 Å². The number of nitrogens with zero attached hydrogens (tertiary/aromatic N) is 2. The van der Waals surface area contributed by atoms with Crippen molar-refractivity contribution in [2.75, 3.05) is 12.8 Å². The molecule has 0 unspecified atom stereocenters. The highest BCUT2D eigenvalue weighted by Crippen LogP contribution is 2.30. The highest BCUT2D eigenvalue weighted by Gasteiger charge is 2.06. The topological polar surface area (TPSA) is 61.8 Å². The summed E-state index contributed by atoms with van der Waals surface area (Å²) in [6.07, 6.45) is 3.56. The maximum atomic E-state index is 5.93. The fraction of sp³-hybridized carbons (Fsp3) is 0.0714. The van der Waals surface area contributed by atoms with Gasteiger partial charge in [0.2, 0.25) is 5.88 Å². The van der Waals surface area contributed by atoms with E-state index in [1.165, 1.54) is 0 Å². The zero-order chi connectivity index (χ0) is 13.2. The van der Waals surface area contributed by atoms with Crippen molar-refractivity contribution in [3.63, 3.8) is 0 Å². The Labute approximate surface area is 110 Å². The van der Waals surface area contributed by atoms with Crippen molar-refractivity contribution in [2.24, 2.45) is 0 Å². The third-order valence-corrected chi connectivity index (χ3v) is 2.82. The summed E-state index contributed by atoms with van der Waals surface area (Å²) >= 11 is 0. The Morgan fingerprint density at radius 1 is 1.21 bits per heavy atom. The third kappa shape index (κ3) is 2.06. The molecule has 2 N–H and O–H groups in total. The third-order valence-electron chi connectivity index (χ3n) is 2.82.